The van der Waals surface area contributed by atoms with Gasteiger partial charge in [-0.1, -0.05) is 12.1 Å². The van der Waals surface area contributed by atoms with Gasteiger partial charge in [-0.25, -0.2) is 0 Å². The number of methoxy groups -OCH3 is 1. The van der Waals surface area contributed by atoms with E-state index in [4.69, 9.17) is 4.74 Å². The number of carbonyl (C=O) groups excluding carboxylic acids is 1. The summed E-state index contributed by atoms with van der Waals surface area (Å²) in [7, 11) is 1.56. The molecule has 0 radical (unpaired) electrons. The highest BCUT2D eigenvalue weighted by molar-refractivity contribution is 5.81. The quantitative estimate of drug-likeness (QED) is 0.776. The van der Waals surface area contributed by atoms with Crippen molar-refractivity contribution in [3.63, 3.8) is 0 Å². The van der Waals surface area contributed by atoms with Crippen LogP contribution in [0.1, 0.15) is 28.6 Å². The van der Waals surface area contributed by atoms with Gasteiger partial charge in [-0.05, 0) is 31.5 Å². The van der Waals surface area contributed by atoms with Gasteiger partial charge in [0, 0.05) is 17.8 Å². The van der Waals surface area contributed by atoms with Crippen LogP contribution in [0.3, 0.4) is 0 Å². The molecule has 6 heteroatoms. The number of hydrogen-bond donors (Lipinski definition) is 3. The molecule has 112 valence electrons. The van der Waals surface area contributed by atoms with Crippen LogP contribution < -0.4 is 10.1 Å². The molecule has 0 saturated heterocycles. The minimum absolute atomic E-state index is 0.334. The van der Waals surface area contributed by atoms with E-state index in [1.165, 1.54) is 0 Å². The fraction of sp³-hybridized carbons (Fsp3) is 0.333. The fourth-order valence-corrected chi connectivity index (χ4v) is 2.04. The molecule has 0 saturated carbocycles. The number of benzene rings is 1. The first-order valence-corrected chi connectivity index (χ1v) is 6.63. The normalized spacial score (nSPS) is 12.0. The van der Waals surface area contributed by atoms with Crippen LogP contribution in [0.25, 0.3) is 0 Å². The summed E-state index contributed by atoms with van der Waals surface area (Å²) in [5.74, 6) is 0.233. The number of H-pyrrole nitrogens is 1. The Hall–Kier alpha value is -2.34. The van der Waals surface area contributed by atoms with Gasteiger partial charge in [-0.2, -0.15) is 5.10 Å². The van der Waals surface area contributed by atoms with Crippen molar-refractivity contribution in [1.82, 2.24) is 15.5 Å². The number of hydrogen-bond acceptors (Lipinski definition) is 4. The Labute approximate surface area is 123 Å². The molecule has 0 bridgehead atoms. The van der Waals surface area contributed by atoms with Crippen molar-refractivity contribution in [3.8, 4) is 5.75 Å². The third-order valence-corrected chi connectivity index (χ3v) is 3.40. The number of ether oxygens (including phenoxy) is 1. The number of aliphatic hydroxyl groups is 1. The Bertz CT molecular complexity index is 600. The largest absolute Gasteiger partial charge is 0.497 e. The number of aromatic nitrogens is 2. The lowest BCUT2D eigenvalue weighted by Gasteiger charge is -2.12. The second-order valence-corrected chi connectivity index (χ2v) is 4.81. The molecule has 21 heavy (non-hydrogen) atoms. The van der Waals surface area contributed by atoms with E-state index in [1.54, 1.807) is 31.4 Å². The van der Waals surface area contributed by atoms with Crippen LogP contribution in [0.5, 0.6) is 5.75 Å². The van der Waals surface area contributed by atoms with Gasteiger partial charge in [0.1, 0.15) is 5.75 Å². The zero-order valence-corrected chi connectivity index (χ0v) is 12.3. The molecule has 3 N–H and O–H groups in total. The van der Waals surface area contributed by atoms with Gasteiger partial charge in [0.15, 0.2) is 6.10 Å². The van der Waals surface area contributed by atoms with Crippen molar-refractivity contribution in [2.24, 2.45) is 0 Å². The average molecular weight is 289 g/mol. The molecule has 1 aromatic heterocycles. The highest BCUT2D eigenvalue weighted by atomic mass is 16.5. The number of aryl methyl sites for hydroxylation is 2. The summed E-state index contributed by atoms with van der Waals surface area (Å²) < 4.78 is 5.04. The summed E-state index contributed by atoms with van der Waals surface area (Å²) in [6.45, 7) is 4.09. The van der Waals surface area contributed by atoms with Crippen molar-refractivity contribution in [2.45, 2.75) is 26.5 Å². The lowest BCUT2D eigenvalue weighted by atomic mass is 10.1. The monoisotopic (exact) mass is 289 g/mol. The molecule has 0 aliphatic carbocycles. The number of aliphatic hydroxyl groups excluding tert-OH is 1. The van der Waals surface area contributed by atoms with Crippen molar-refractivity contribution in [1.29, 1.82) is 0 Å². The van der Waals surface area contributed by atoms with E-state index >= 15 is 0 Å². The fourth-order valence-electron chi connectivity index (χ4n) is 2.04. The van der Waals surface area contributed by atoms with E-state index in [0.717, 1.165) is 17.0 Å². The minimum Gasteiger partial charge on any atom is -0.497 e. The van der Waals surface area contributed by atoms with E-state index < -0.39 is 12.0 Å². The number of rotatable bonds is 5. The van der Waals surface area contributed by atoms with Crippen LogP contribution in [0.2, 0.25) is 0 Å². The maximum Gasteiger partial charge on any atom is 0.253 e. The van der Waals surface area contributed by atoms with Gasteiger partial charge in [0.05, 0.1) is 12.8 Å². The second-order valence-electron chi connectivity index (χ2n) is 4.81. The number of amides is 1. The van der Waals surface area contributed by atoms with E-state index in [1.807, 2.05) is 13.8 Å². The maximum atomic E-state index is 12.0. The molecule has 6 nitrogen and oxygen atoms in total. The van der Waals surface area contributed by atoms with Crippen LogP contribution in [0.15, 0.2) is 24.3 Å². The van der Waals surface area contributed by atoms with Gasteiger partial charge in [0.2, 0.25) is 0 Å². The predicted octanol–water partition coefficient (Wildman–Crippen LogP) is 1.38. The van der Waals surface area contributed by atoms with Gasteiger partial charge in [-0.15, -0.1) is 0 Å². The zero-order valence-electron chi connectivity index (χ0n) is 12.3. The molecule has 1 aromatic carbocycles. The Morgan fingerprint density at radius 3 is 2.57 bits per heavy atom. The molecule has 0 aliphatic rings. The first kappa shape index (κ1) is 15.1. The molecule has 2 aromatic rings. The van der Waals surface area contributed by atoms with Crippen molar-refractivity contribution >= 4 is 5.91 Å². The van der Waals surface area contributed by atoms with Crippen molar-refractivity contribution < 1.29 is 14.6 Å². The van der Waals surface area contributed by atoms with Crippen molar-refractivity contribution in [2.75, 3.05) is 7.11 Å². The third kappa shape index (κ3) is 3.41. The van der Waals surface area contributed by atoms with E-state index in [2.05, 4.69) is 15.5 Å². The minimum atomic E-state index is -1.21. The summed E-state index contributed by atoms with van der Waals surface area (Å²) in [6, 6.07) is 6.74. The molecule has 1 atom stereocenters. The smallest absolute Gasteiger partial charge is 0.253 e. The first-order valence-electron chi connectivity index (χ1n) is 6.63. The molecular weight excluding hydrogens is 270 g/mol. The van der Waals surface area contributed by atoms with Crippen LogP contribution in [-0.2, 0) is 11.3 Å². The maximum absolute atomic E-state index is 12.0. The summed E-state index contributed by atoms with van der Waals surface area (Å²) >= 11 is 0. The molecule has 0 spiro atoms. The molecule has 1 amide bonds. The number of aromatic amines is 1. The highest BCUT2D eigenvalue weighted by Crippen LogP contribution is 2.18. The van der Waals surface area contributed by atoms with Crippen LogP contribution >= 0.6 is 0 Å². The van der Waals surface area contributed by atoms with E-state index in [-0.39, 0.29) is 0 Å². The standard InChI is InChI=1S/C15H19N3O3/c1-9-13(10(2)18-17-9)8-16-15(20)14(19)11-4-6-12(21-3)7-5-11/h4-7,14,19H,8H2,1-3H3,(H,16,20)(H,17,18)/t14-/m0/s1. The SMILES string of the molecule is COc1ccc([C@H](O)C(=O)NCc2c(C)n[nH]c2C)cc1. The van der Waals surface area contributed by atoms with Crippen molar-refractivity contribution in [3.05, 3.63) is 46.8 Å². The predicted molar refractivity (Wildman–Crippen MR) is 77.9 cm³/mol. The van der Waals surface area contributed by atoms with Gasteiger partial charge in [-0.3, -0.25) is 9.89 Å². The Morgan fingerprint density at radius 1 is 1.38 bits per heavy atom. The Morgan fingerprint density at radius 2 is 2.05 bits per heavy atom. The zero-order chi connectivity index (χ0) is 15.4. The Balaban J connectivity index is 1.99. The summed E-state index contributed by atoms with van der Waals surface area (Å²) in [6.07, 6.45) is -1.21. The van der Waals surface area contributed by atoms with E-state index in [0.29, 0.717) is 17.9 Å². The summed E-state index contributed by atoms with van der Waals surface area (Å²) in [4.78, 5) is 12.0. The van der Waals surface area contributed by atoms with Gasteiger partial charge in [0.25, 0.3) is 5.91 Å². The number of nitrogens with one attached hydrogen (secondary N) is 2. The van der Waals surface area contributed by atoms with Gasteiger partial charge < -0.3 is 15.2 Å². The lowest BCUT2D eigenvalue weighted by molar-refractivity contribution is -0.129. The third-order valence-electron chi connectivity index (χ3n) is 3.40. The highest BCUT2D eigenvalue weighted by Gasteiger charge is 2.18. The average Bonchev–Trinajstić information content (AvgIpc) is 2.83. The topological polar surface area (TPSA) is 87.2 Å². The molecule has 1 heterocycles. The lowest BCUT2D eigenvalue weighted by Crippen LogP contribution is -2.29. The van der Waals surface area contributed by atoms with Crippen LogP contribution in [0, 0.1) is 13.8 Å². The molecule has 0 fully saturated rings. The molecule has 0 unspecified atom stereocenters. The Kier molecular flexibility index (Phi) is 4.59. The summed E-state index contributed by atoms with van der Waals surface area (Å²) in [5.41, 5.74) is 3.21. The molecular formula is C15H19N3O3. The summed E-state index contributed by atoms with van der Waals surface area (Å²) in [5, 5.41) is 19.7. The number of carbonyl (C=O) groups is 1. The van der Waals surface area contributed by atoms with Gasteiger partial charge >= 0.3 is 0 Å². The van der Waals surface area contributed by atoms with Crippen LogP contribution in [0.4, 0.5) is 0 Å². The van der Waals surface area contributed by atoms with E-state index in [9.17, 15) is 9.90 Å². The van der Waals surface area contributed by atoms with Crippen LogP contribution in [-0.4, -0.2) is 28.3 Å². The molecule has 0 aliphatic heterocycles. The molecule has 2 rings (SSSR count). The first-order chi connectivity index (χ1) is 10.0. The number of nitrogens with zero attached hydrogens (tertiary/aromatic N) is 1. The second kappa shape index (κ2) is 6.41.